The molecule has 0 amide bonds. The van der Waals surface area contributed by atoms with E-state index in [2.05, 4.69) is 76.8 Å². The van der Waals surface area contributed by atoms with Crippen molar-refractivity contribution in [2.75, 3.05) is 19.6 Å². The quantitative estimate of drug-likeness (QED) is 0.208. The Kier molecular flexibility index (Phi) is 10.8. The van der Waals surface area contributed by atoms with Crippen LogP contribution >= 0.6 is 0 Å². The van der Waals surface area contributed by atoms with Crippen LogP contribution in [0.15, 0.2) is 41.5 Å². The third-order valence-electron chi connectivity index (χ3n) is 15.7. The van der Waals surface area contributed by atoms with Gasteiger partial charge in [-0.25, -0.2) is 0 Å². The van der Waals surface area contributed by atoms with Crippen LogP contribution in [0.3, 0.4) is 0 Å². The van der Waals surface area contributed by atoms with Crippen molar-refractivity contribution < 1.29 is 24.2 Å². The summed E-state index contributed by atoms with van der Waals surface area (Å²) >= 11 is 0. The van der Waals surface area contributed by atoms with E-state index in [4.69, 9.17) is 10.5 Å². The summed E-state index contributed by atoms with van der Waals surface area (Å²) in [6.07, 6.45) is 10.2. The van der Waals surface area contributed by atoms with E-state index in [1.54, 1.807) is 19.4 Å². The number of ketones is 1. The highest BCUT2D eigenvalue weighted by atomic mass is 16.5. The second kappa shape index (κ2) is 14.3. The van der Waals surface area contributed by atoms with Crippen LogP contribution in [0.5, 0.6) is 0 Å². The number of hydrogen-bond donors (Lipinski definition) is 2. The Balaban J connectivity index is 1.23. The minimum absolute atomic E-state index is 0.0369. The zero-order valence-electron chi connectivity index (χ0n) is 33.6. The third-order valence-corrected chi connectivity index (χ3v) is 15.7. The standard InChI is InChI=1S/C45H68N2O5/c1-29(2)38-33(48)26-45(22-24-47(25-23-46)28-30-12-10-9-11-13-30)21-16-32-31(39(38)45)14-15-35-43(32,7)19-17-34-42(5,6)36(18-20-44(34,35)8)52-37(49)27-41(3,4)40(50)51/h9-13,29,31-32,34-36H,14-28,46H2,1-8H3,(H,50,51). The van der Waals surface area contributed by atoms with E-state index < -0.39 is 17.4 Å². The van der Waals surface area contributed by atoms with Gasteiger partial charge in [0.05, 0.1) is 11.8 Å². The first-order chi connectivity index (χ1) is 24.4. The van der Waals surface area contributed by atoms with Crippen LogP contribution in [0.25, 0.3) is 0 Å². The Hall–Kier alpha value is -2.51. The van der Waals surface area contributed by atoms with Crippen molar-refractivity contribution in [3.8, 4) is 0 Å². The van der Waals surface area contributed by atoms with E-state index in [9.17, 15) is 19.5 Å². The number of Topliss-reactive ketones (excluding diaryl/α,β-unsaturated/α-hetero) is 1. The van der Waals surface area contributed by atoms with E-state index >= 15 is 0 Å². The monoisotopic (exact) mass is 717 g/mol. The van der Waals surface area contributed by atoms with Gasteiger partial charge in [0.2, 0.25) is 0 Å². The molecule has 8 atom stereocenters. The van der Waals surface area contributed by atoms with Crippen LogP contribution in [0, 0.1) is 56.7 Å². The van der Waals surface area contributed by atoms with Crippen LogP contribution in [0.1, 0.15) is 132 Å². The van der Waals surface area contributed by atoms with Gasteiger partial charge in [0.1, 0.15) is 6.10 Å². The highest BCUT2D eigenvalue weighted by Crippen LogP contribution is 2.73. The highest BCUT2D eigenvalue weighted by Gasteiger charge is 2.66. The van der Waals surface area contributed by atoms with Crippen LogP contribution < -0.4 is 5.73 Å². The summed E-state index contributed by atoms with van der Waals surface area (Å²) in [5, 5.41) is 9.61. The number of aliphatic carboxylic acids is 1. The van der Waals surface area contributed by atoms with Crippen molar-refractivity contribution in [2.45, 2.75) is 139 Å². The van der Waals surface area contributed by atoms with Crippen LogP contribution in [0.4, 0.5) is 0 Å². The van der Waals surface area contributed by atoms with Gasteiger partial charge in [-0.2, -0.15) is 0 Å². The fourth-order valence-corrected chi connectivity index (χ4v) is 13.2. The number of carboxylic acids is 1. The summed E-state index contributed by atoms with van der Waals surface area (Å²) in [6.45, 7) is 20.8. The van der Waals surface area contributed by atoms with E-state index in [1.807, 2.05) is 0 Å². The molecule has 5 aliphatic carbocycles. The van der Waals surface area contributed by atoms with Gasteiger partial charge in [0, 0.05) is 36.9 Å². The zero-order chi connectivity index (χ0) is 37.9. The predicted octanol–water partition coefficient (Wildman–Crippen LogP) is 8.84. The van der Waals surface area contributed by atoms with E-state index in [1.165, 1.54) is 30.4 Å². The molecule has 0 radical (unpaired) electrons. The second-order valence-corrected chi connectivity index (χ2v) is 19.9. The summed E-state index contributed by atoms with van der Waals surface area (Å²) in [5.74, 6) is 1.33. The fraction of sp³-hybridized carbons (Fsp3) is 0.756. The summed E-state index contributed by atoms with van der Waals surface area (Å²) in [4.78, 5) is 41.4. The molecule has 52 heavy (non-hydrogen) atoms. The maximum absolute atomic E-state index is 14.1. The molecular formula is C45H68N2O5. The van der Waals surface area contributed by atoms with E-state index in [0.29, 0.717) is 42.4 Å². The molecule has 0 saturated heterocycles. The number of allylic oxidation sites excluding steroid dienone is 2. The van der Waals surface area contributed by atoms with Gasteiger partial charge in [-0.15, -0.1) is 0 Å². The molecule has 0 bridgehead atoms. The van der Waals surface area contributed by atoms with Crippen molar-refractivity contribution in [1.29, 1.82) is 0 Å². The Morgan fingerprint density at radius 1 is 0.942 bits per heavy atom. The number of carboxylic acid groups (broad SMARTS) is 1. The number of ether oxygens (including phenoxy) is 1. The first-order valence-electron chi connectivity index (χ1n) is 20.6. The Bertz CT molecular complexity index is 1550. The molecule has 7 nitrogen and oxygen atoms in total. The molecule has 0 aromatic heterocycles. The molecule has 7 heteroatoms. The number of rotatable bonds is 12. The number of hydrogen-bond acceptors (Lipinski definition) is 6. The van der Waals surface area contributed by atoms with Gasteiger partial charge in [0.15, 0.2) is 5.78 Å². The van der Waals surface area contributed by atoms with Crippen LogP contribution in [-0.2, 0) is 25.7 Å². The maximum Gasteiger partial charge on any atom is 0.309 e. The molecule has 0 heterocycles. The minimum atomic E-state index is -1.14. The summed E-state index contributed by atoms with van der Waals surface area (Å²) < 4.78 is 6.17. The number of nitrogens with zero attached hydrogens (tertiary/aromatic N) is 1. The van der Waals surface area contributed by atoms with E-state index in [-0.39, 0.29) is 40.1 Å². The number of fused-ring (bicyclic) bond motifs is 7. The van der Waals surface area contributed by atoms with Crippen molar-refractivity contribution >= 4 is 17.7 Å². The molecule has 0 aliphatic heterocycles. The molecule has 8 unspecified atom stereocenters. The average Bonchev–Trinajstić information content (AvgIpc) is 3.37. The average molecular weight is 717 g/mol. The molecule has 3 N–H and O–H groups in total. The van der Waals surface area contributed by atoms with Crippen molar-refractivity contribution in [1.82, 2.24) is 4.90 Å². The number of benzene rings is 1. The summed E-state index contributed by atoms with van der Waals surface area (Å²) in [7, 11) is 0. The SMILES string of the molecule is CC(C)C1=C2C3CCC4C(C)(CCC5C(C)(C)C(OC(=O)CC(C)(C)C(=O)O)CCC54C)C3CCC2(CCN(CCN)Cc2ccccc2)CC1=O. The molecule has 6 rings (SSSR count). The lowest BCUT2D eigenvalue weighted by molar-refractivity contribution is -0.214. The predicted molar refractivity (Wildman–Crippen MR) is 206 cm³/mol. The zero-order valence-corrected chi connectivity index (χ0v) is 33.6. The summed E-state index contributed by atoms with van der Waals surface area (Å²) in [5.41, 5.74) is 9.13. The number of esters is 1. The minimum Gasteiger partial charge on any atom is -0.481 e. The van der Waals surface area contributed by atoms with Gasteiger partial charge in [0.25, 0.3) is 0 Å². The second-order valence-electron chi connectivity index (χ2n) is 19.9. The lowest BCUT2D eigenvalue weighted by atomic mass is 9.36. The normalized spacial score (nSPS) is 35.5. The Morgan fingerprint density at radius 3 is 2.29 bits per heavy atom. The number of carbonyl (C=O) groups is 3. The maximum atomic E-state index is 14.1. The van der Waals surface area contributed by atoms with Crippen molar-refractivity contribution in [3.63, 3.8) is 0 Å². The van der Waals surface area contributed by atoms with Crippen molar-refractivity contribution in [2.24, 2.45) is 62.4 Å². The van der Waals surface area contributed by atoms with Gasteiger partial charge in [-0.3, -0.25) is 19.3 Å². The van der Waals surface area contributed by atoms with Gasteiger partial charge < -0.3 is 15.6 Å². The molecule has 5 aliphatic rings. The first-order valence-corrected chi connectivity index (χ1v) is 20.6. The van der Waals surface area contributed by atoms with Crippen LogP contribution in [-0.4, -0.2) is 53.5 Å². The van der Waals surface area contributed by atoms with E-state index in [0.717, 1.165) is 58.2 Å². The molecule has 0 spiro atoms. The molecule has 1 aromatic carbocycles. The molecule has 1 aromatic rings. The largest absolute Gasteiger partial charge is 0.481 e. The highest BCUT2D eigenvalue weighted by molar-refractivity contribution is 6.00. The van der Waals surface area contributed by atoms with Gasteiger partial charge in [-0.1, -0.05) is 77.4 Å². The lowest BCUT2D eigenvalue weighted by Crippen LogP contribution is -2.63. The summed E-state index contributed by atoms with van der Waals surface area (Å²) in [6, 6.07) is 10.7. The van der Waals surface area contributed by atoms with Crippen LogP contribution in [0.2, 0.25) is 0 Å². The van der Waals surface area contributed by atoms with Gasteiger partial charge in [-0.05, 0) is 130 Å². The Morgan fingerprint density at radius 2 is 1.63 bits per heavy atom. The molecule has 4 fully saturated rings. The van der Waals surface area contributed by atoms with Gasteiger partial charge >= 0.3 is 11.9 Å². The molecule has 4 saturated carbocycles. The van der Waals surface area contributed by atoms with Crippen molar-refractivity contribution in [3.05, 3.63) is 47.0 Å². The Labute approximate surface area is 313 Å². The third kappa shape index (κ3) is 6.73. The fourth-order valence-electron chi connectivity index (χ4n) is 13.2. The number of carbonyl (C=O) groups excluding carboxylic acids is 2. The number of nitrogens with two attached hydrogens (primary N) is 1. The molecular weight excluding hydrogens is 649 g/mol. The molecule has 288 valence electrons. The smallest absolute Gasteiger partial charge is 0.309 e. The topological polar surface area (TPSA) is 110 Å². The first kappa shape index (κ1) is 39.2. The lowest BCUT2D eigenvalue weighted by Gasteiger charge is -2.69.